The van der Waals surface area contributed by atoms with Crippen molar-refractivity contribution in [2.45, 2.75) is 101 Å². The normalized spacial score (nSPS) is 13.0. The Balaban J connectivity index is 0.000000576. The molecule has 1 aromatic carbocycles. The van der Waals surface area contributed by atoms with E-state index in [-0.39, 0.29) is 22.2 Å². The van der Waals surface area contributed by atoms with Crippen molar-refractivity contribution in [3.05, 3.63) is 35.4 Å². The highest BCUT2D eigenvalue weighted by Gasteiger charge is 2.22. The number of Topliss-reactive ketones (excluding diaryl/α,β-unsaturated/α-hetero) is 1. The molecular weight excluding hydrogens is 342 g/mol. The third-order valence-electron chi connectivity index (χ3n) is 4.16. The molecule has 1 N–H and O–H groups in total. The second kappa shape index (κ2) is 10.1. The molecule has 0 bridgehead atoms. The van der Waals surface area contributed by atoms with E-state index in [1.54, 1.807) is 0 Å². The van der Waals surface area contributed by atoms with Gasteiger partial charge in [-0.15, -0.1) is 0 Å². The van der Waals surface area contributed by atoms with Gasteiger partial charge in [-0.1, -0.05) is 86.6 Å². The van der Waals surface area contributed by atoms with Gasteiger partial charge in [0.05, 0.1) is 0 Å². The van der Waals surface area contributed by atoms with Crippen molar-refractivity contribution in [1.29, 1.82) is 0 Å². The second-order valence-electron chi connectivity index (χ2n) is 12.5. The monoisotopic (exact) mass is 389 g/mol. The highest BCUT2D eigenvalue weighted by molar-refractivity contribution is 5.99. The zero-order valence-electron chi connectivity index (χ0n) is 20.8. The predicted molar refractivity (Wildman–Crippen MR) is 125 cm³/mol. The molecule has 0 amide bonds. The quantitative estimate of drug-likeness (QED) is 0.547. The summed E-state index contributed by atoms with van der Waals surface area (Å²) in [5.74, 6) is 0.208. The molecule has 1 rings (SSSR count). The van der Waals surface area contributed by atoms with Crippen LogP contribution in [0.2, 0.25) is 0 Å². The van der Waals surface area contributed by atoms with Crippen LogP contribution in [0.3, 0.4) is 0 Å². The van der Waals surface area contributed by atoms with Crippen LogP contribution in [0.5, 0.6) is 0 Å². The Hall–Kier alpha value is -1.15. The first-order chi connectivity index (χ1) is 12.3. The standard InChI is InChI=1S/C16H24O.C10H23N/c1-15(2,3)11-12-7-9-13(10-8-12)14(17)16(4,5)6;1-9(2,3)7-8-11-10(4,5)6/h7-10H,11H2,1-6H3;11H,7-8H2,1-6H3. The van der Waals surface area contributed by atoms with E-state index in [1.807, 2.05) is 32.9 Å². The Morgan fingerprint density at radius 3 is 1.54 bits per heavy atom. The minimum atomic E-state index is -0.300. The van der Waals surface area contributed by atoms with Crippen molar-refractivity contribution in [1.82, 2.24) is 5.32 Å². The molecule has 0 aromatic heterocycles. The number of rotatable bonds is 4. The van der Waals surface area contributed by atoms with Gasteiger partial charge in [-0.3, -0.25) is 4.79 Å². The lowest BCUT2D eigenvalue weighted by Gasteiger charge is -2.24. The Morgan fingerprint density at radius 1 is 0.750 bits per heavy atom. The van der Waals surface area contributed by atoms with E-state index in [9.17, 15) is 4.79 Å². The van der Waals surface area contributed by atoms with Gasteiger partial charge in [0, 0.05) is 16.5 Å². The molecule has 0 unspecified atom stereocenters. The van der Waals surface area contributed by atoms with Crippen molar-refractivity contribution in [2.75, 3.05) is 6.54 Å². The summed E-state index contributed by atoms with van der Waals surface area (Å²) >= 11 is 0. The second-order valence-corrected chi connectivity index (χ2v) is 12.5. The number of ketones is 1. The molecule has 0 aliphatic rings. The number of nitrogens with one attached hydrogen (secondary N) is 1. The summed E-state index contributed by atoms with van der Waals surface area (Å²) in [5.41, 5.74) is 2.82. The molecule has 0 heterocycles. The first kappa shape index (κ1) is 26.9. The van der Waals surface area contributed by atoms with Gasteiger partial charge in [0.2, 0.25) is 0 Å². The van der Waals surface area contributed by atoms with Gasteiger partial charge in [-0.25, -0.2) is 0 Å². The molecular formula is C26H47NO. The van der Waals surface area contributed by atoms with Crippen molar-refractivity contribution in [3.63, 3.8) is 0 Å². The summed E-state index contributed by atoms with van der Waals surface area (Å²) in [7, 11) is 0. The van der Waals surface area contributed by atoms with Crippen LogP contribution >= 0.6 is 0 Å². The lowest BCUT2D eigenvalue weighted by molar-refractivity contribution is 0.0858. The average Bonchev–Trinajstić information content (AvgIpc) is 2.42. The van der Waals surface area contributed by atoms with Crippen molar-refractivity contribution in [2.24, 2.45) is 16.2 Å². The predicted octanol–water partition coefficient (Wildman–Crippen LogP) is 7.31. The van der Waals surface area contributed by atoms with E-state index in [0.717, 1.165) is 18.5 Å². The number of hydrogen-bond acceptors (Lipinski definition) is 2. The molecule has 2 nitrogen and oxygen atoms in total. The number of benzene rings is 1. The zero-order chi connectivity index (χ0) is 22.4. The highest BCUT2D eigenvalue weighted by atomic mass is 16.1. The molecule has 0 saturated heterocycles. The Labute approximate surface area is 175 Å². The fourth-order valence-electron chi connectivity index (χ4n) is 2.63. The van der Waals surface area contributed by atoms with Gasteiger partial charge in [0.1, 0.15) is 0 Å². The molecule has 0 spiro atoms. The first-order valence-corrected chi connectivity index (χ1v) is 10.7. The first-order valence-electron chi connectivity index (χ1n) is 10.7. The van der Waals surface area contributed by atoms with E-state index in [4.69, 9.17) is 0 Å². The molecule has 0 aliphatic heterocycles. The maximum Gasteiger partial charge on any atom is 0.168 e. The van der Waals surface area contributed by atoms with E-state index in [0.29, 0.717) is 5.41 Å². The minimum absolute atomic E-state index is 0.208. The van der Waals surface area contributed by atoms with E-state index >= 15 is 0 Å². The van der Waals surface area contributed by atoms with Crippen LogP contribution in [0, 0.1) is 16.2 Å². The molecule has 28 heavy (non-hydrogen) atoms. The van der Waals surface area contributed by atoms with Crippen LogP contribution in [-0.2, 0) is 6.42 Å². The van der Waals surface area contributed by atoms with Crippen LogP contribution in [-0.4, -0.2) is 17.9 Å². The van der Waals surface area contributed by atoms with Gasteiger partial charge in [0.15, 0.2) is 5.78 Å². The summed E-state index contributed by atoms with van der Waals surface area (Å²) in [6.45, 7) is 27.1. The van der Waals surface area contributed by atoms with Gasteiger partial charge in [0.25, 0.3) is 0 Å². The SMILES string of the molecule is CC(C)(C)CCNC(C)(C)C.CC(C)(C)Cc1ccc(C(=O)C(C)(C)C)cc1. The molecule has 0 aliphatic carbocycles. The van der Waals surface area contributed by atoms with Crippen LogP contribution in [0.4, 0.5) is 0 Å². The van der Waals surface area contributed by atoms with Gasteiger partial charge in [-0.2, -0.15) is 0 Å². The lowest BCUT2D eigenvalue weighted by Crippen LogP contribution is -2.37. The minimum Gasteiger partial charge on any atom is -0.312 e. The zero-order valence-corrected chi connectivity index (χ0v) is 20.8. The summed E-state index contributed by atoms with van der Waals surface area (Å²) in [6, 6.07) is 8.05. The number of carbonyl (C=O) groups excluding carboxylic acids is 1. The number of hydrogen-bond donors (Lipinski definition) is 1. The van der Waals surface area contributed by atoms with Gasteiger partial charge >= 0.3 is 0 Å². The Morgan fingerprint density at radius 2 is 1.21 bits per heavy atom. The maximum absolute atomic E-state index is 12.1. The smallest absolute Gasteiger partial charge is 0.168 e. The van der Waals surface area contributed by atoms with Gasteiger partial charge in [-0.05, 0) is 56.6 Å². The van der Waals surface area contributed by atoms with E-state index in [1.165, 1.54) is 12.0 Å². The summed E-state index contributed by atoms with van der Waals surface area (Å²) in [6.07, 6.45) is 2.28. The molecule has 162 valence electrons. The molecule has 1 aromatic rings. The maximum atomic E-state index is 12.1. The molecule has 0 fully saturated rings. The molecule has 0 atom stereocenters. The summed E-state index contributed by atoms with van der Waals surface area (Å²) < 4.78 is 0. The third kappa shape index (κ3) is 13.9. The van der Waals surface area contributed by atoms with Gasteiger partial charge < -0.3 is 5.32 Å². The van der Waals surface area contributed by atoms with Crippen LogP contribution in [0.25, 0.3) is 0 Å². The highest BCUT2D eigenvalue weighted by Crippen LogP contribution is 2.24. The third-order valence-corrected chi connectivity index (χ3v) is 4.16. The van der Waals surface area contributed by atoms with Crippen molar-refractivity contribution in [3.8, 4) is 0 Å². The van der Waals surface area contributed by atoms with Crippen LogP contribution < -0.4 is 5.32 Å². The summed E-state index contributed by atoms with van der Waals surface area (Å²) in [5, 5.41) is 3.48. The van der Waals surface area contributed by atoms with Crippen LogP contribution in [0.15, 0.2) is 24.3 Å². The average molecular weight is 390 g/mol. The van der Waals surface area contributed by atoms with E-state index in [2.05, 4.69) is 79.8 Å². The Bertz CT molecular complexity index is 570. The van der Waals surface area contributed by atoms with Crippen LogP contribution in [0.1, 0.15) is 105 Å². The molecule has 0 saturated carbocycles. The van der Waals surface area contributed by atoms with Crippen molar-refractivity contribution < 1.29 is 4.79 Å². The van der Waals surface area contributed by atoms with E-state index < -0.39 is 0 Å². The van der Waals surface area contributed by atoms with Crippen molar-refractivity contribution >= 4 is 5.78 Å². The summed E-state index contributed by atoms with van der Waals surface area (Å²) in [4.78, 5) is 12.1. The molecule has 0 radical (unpaired) electrons. The fraction of sp³-hybridized carbons (Fsp3) is 0.731. The molecule has 2 heteroatoms. The Kier molecular flexibility index (Phi) is 9.64. The number of carbonyl (C=O) groups is 1. The lowest BCUT2D eigenvalue weighted by atomic mass is 9.84. The largest absolute Gasteiger partial charge is 0.312 e. The topological polar surface area (TPSA) is 29.1 Å². The fourth-order valence-corrected chi connectivity index (χ4v) is 2.63.